The number of hydrogen-bond acceptors (Lipinski definition) is 6. The van der Waals surface area contributed by atoms with Crippen LogP contribution in [0.5, 0.6) is 0 Å². The highest BCUT2D eigenvalue weighted by Crippen LogP contribution is 2.24. The summed E-state index contributed by atoms with van der Waals surface area (Å²) in [6.07, 6.45) is -0.269. The maximum Gasteiger partial charge on any atom is 0.340 e. The normalized spacial score (nSPS) is 10.3. The van der Waals surface area contributed by atoms with Crippen molar-refractivity contribution in [3.8, 4) is 0 Å². The predicted octanol–water partition coefficient (Wildman–Crippen LogP) is -0.292. The smallest absolute Gasteiger partial charge is 0.340 e. The molecule has 2 rings (SSSR count). The van der Waals surface area contributed by atoms with E-state index >= 15 is 0 Å². The first-order chi connectivity index (χ1) is 9.86. The second kappa shape index (κ2) is 5.71. The maximum absolute atomic E-state index is 11.8. The Bertz CT molecular complexity index is 790. The number of nitrogens with zero attached hydrogens (tertiary/aromatic N) is 1. The molecule has 0 radical (unpaired) electrons. The summed E-state index contributed by atoms with van der Waals surface area (Å²) in [5.41, 5.74) is -0.994. The molecule has 0 saturated carbocycles. The molecule has 2 aromatic heterocycles. The van der Waals surface area contributed by atoms with Crippen LogP contribution in [0.2, 0.25) is 0 Å². The summed E-state index contributed by atoms with van der Waals surface area (Å²) < 4.78 is 3.86. The maximum atomic E-state index is 11.8. The number of carboxylic acids is 1. The predicted molar refractivity (Wildman–Crippen MR) is 73.8 cm³/mol. The molecule has 1 amide bonds. The van der Waals surface area contributed by atoms with Crippen LogP contribution in [0.15, 0.2) is 15.7 Å². The minimum atomic E-state index is -1.19. The number of anilines is 1. The Morgan fingerprint density at radius 2 is 2.10 bits per heavy atom. The molecule has 110 valence electrons. The van der Waals surface area contributed by atoms with Crippen LogP contribution in [0, 0.1) is 6.92 Å². The van der Waals surface area contributed by atoms with Crippen molar-refractivity contribution in [3.05, 3.63) is 43.9 Å². The number of amides is 1. The van der Waals surface area contributed by atoms with Crippen molar-refractivity contribution < 1.29 is 14.7 Å². The summed E-state index contributed by atoms with van der Waals surface area (Å²) in [6, 6.07) is 1.08. The standard InChI is InChI=1S/C11H10N4O5S/c1-4-8(10(18)19)9(21-15-4)13-6(16)2-5-3-7(17)14-11(20)12-5/h3H,2H2,1H3,(H,13,16)(H,18,19)(H2,12,14,17,20). The third kappa shape index (κ3) is 3.42. The Balaban J connectivity index is 2.17. The number of carbonyl (C=O) groups is 2. The summed E-state index contributed by atoms with van der Waals surface area (Å²) in [6.45, 7) is 1.52. The molecule has 0 spiro atoms. The van der Waals surface area contributed by atoms with Gasteiger partial charge in [0, 0.05) is 11.8 Å². The van der Waals surface area contributed by atoms with Crippen LogP contribution in [0.25, 0.3) is 0 Å². The molecular formula is C11H10N4O5S. The molecule has 9 nitrogen and oxygen atoms in total. The van der Waals surface area contributed by atoms with E-state index in [-0.39, 0.29) is 22.7 Å². The molecule has 0 saturated heterocycles. The fourth-order valence-electron chi connectivity index (χ4n) is 1.67. The van der Waals surface area contributed by atoms with E-state index in [0.29, 0.717) is 5.69 Å². The van der Waals surface area contributed by atoms with Gasteiger partial charge in [0.25, 0.3) is 5.56 Å². The van der Waals surface area contributed by atoms with Crippen LogP contribution < -0.4 is 16.6 Å². The average molecular weight is 310 g/mol. The molecule has 0 aliphatic heterocycles. The van der Waals surface area contributed by atoms with Gasteiger partial charge < -0.3 is 15.4 Å². The number of carboxylic acid groups (broad SMARTS) is 1. The van der Waals surface area contributed by atoms with Crippen LogP contribution in [-0.4, -0.2) is 31.3 Å². The zero-order valence-electron chi connectivity index (χ0n) is 10.7. The van der Waals surface area contributed by atoms with Gasteiger partial charge in [-0.15, -0.1) is 0 Å². The Hall–Kier alpha value is -2.75. The van der Waals surface area contributed by atoms with Crippen LogP contribution in [0.3, 0.4) is 0 Å². The number of carbonyl (C=O) groups excluding carboxylic acids is 1. The monoisotopic (exact) mass is 310 g/mol. The number of aromatic nitrogens is 3. The van der Waals surface area contributed by atoms with Crippen molar-refractivity contribution in [1.29, 1.82) is 0 Å². The molecule has 0 fully saturated rings. The Morgan fingerprint density at radius 3 is 2.71 bits per heavy atom. The molecule has 0 aromatic carbocycles. The van der Waals surface area contributed by atoms with E-state index in [1.165, 1.54) is 6.92 Å². The molecule has 21 heavy (non-hydrogen) atoms. The van der Waals surface area contributed by atoms with Crippen molar-refractivity contribution in [2.75, 3.05) is 5.32 Å². The summed E-state index contributed by atoms with van der Waals surface area (Å²) in [5, 5.41) is 11.5. The molecule has 0 unspecified atom stereocenters. The van der Waals surface area contributed by atoms with Gasteiger partial charge >= 0.3 is 11.7 Å². The number of aryl methyl sites for hydroxylation is 1. The fraction of sp³-hybridized carbons (Fsp3) is 0.182. The van der Waals surface area contributed by atoms with E-state index in [1.54, 1.807) is 0 Å². The van der Waals surface area contributed by atoms with E-state index in [1.807, 2.05) is 4.98 Å². The van der Waals surface area contributed by atoms with Crippen molar-refractivity contribution in [2.24, 2.45) is 0 Å². The molecule has 0 bridgehead atoms. The summed E-state index contributed by atoms with van der Waals surface area (Å²) in [7, 11) is 0. The first-order valence-electron chi connectivity index (χ1n) is 5.68. The minimum absolute atomic E-state index is 0.0762. The number of aromatic carboxylic acids is 1. The fourth-order valence-corrected chi connectivity index (χ4v) is 2.47. The second-order valence-corrected chi connectivity index (χ2v) is 4.89. The lowest BCUT2D eigenvalue weighted by Gasteiger charge is -2.03. The van der Waals surface area contributed by atoms with Gasteiger partial charge in [-0.3, -0.25) is 14.6 Å². The zero-order valence-corrected chi connectivity index (χ0v) is 11.5. The molecule has 0 aliphatic carbocycles. The van der Waals surface area contributed by atoms with E-state index in [2.05, 4.69) is 14.7 Å². The van der Waals surface area contributed by atoms with Gasteiger partial charge in [0.05, 0.1) is 12.1 Å². The number of hydrogen-bond donors (Lipinski definition) is 4. The number of rotatable bonds is 4. The first kappa shape index (κ1) is 14.7. The zero-order chi connectivity index (χ0) is 15.6. The lowest BCUT2D eigenvalue weighted by molar-refractivity contribution is -0.115. The second-order valence-electron chi connectivity index (χ2n) is 4.12. The van der Waals surface area contributed by atoms with Crippen molar-refractivity contribution >= 4 is 28.4 Å². The Morgan fingerprint density at radius 1 is 1.38 bits per heavy atom. The van der Waals surface area contributed by atoms with E-state index in [0.717, 1.165) is 17.6 Å². The van der Waals surface area contributed by atoms with Crippen molar-refractivity contribution in [3.63, 3.8) is 0 Å². The lowest BCUT2D eigenvalue weighted by atomic mass is 10.2. The molecule has 2 aromatic rings. The molecule has 10 heteroatoms. The summed E-state index contributed by atoms with van der Waals surface area (Å²) >= 11 is 0.847. The van der Waals surface area contributed by atoms with Crippen LogP contribution >= 0.6 is 11.5 Å². The van der Waals surface area contributed by atoms with E-state index in [4.69, 9.17) is 5.11 Å². The van der Waals surface area contributed by atoms with Crippen molar-refractivity contribution in [1.82, 2.24) is 14.3 Å². The largest absolute Gasteiger partial charge is 0.478 e. The highest BCUT2D eigenvalue weighted by molar-refractivity contribution is 7.11. The van der Waals surface area contributed by atoms with Gasteiger partial charge in [-0.1, -0.05) is 0 Å². The molecule has 0 atom stereocenters. The van der Waals surface area contributed by atoms with Gasteiger partial charge in [0.2, 0.25) is 5.91 Å². The first-order valence-corrected chi connectivity index (χ1v) is 6.46. The lowest BCUT2D eigenvalue weighted by Crippen LogP contribution is -2.25. The van der Waals surface area contributed by atoms with Gasteiger partial charge in [-0.25, -0.2) is 9.59 Å². The van der Waals surface area contributed by atoms with Crippen LogP contribution in [0.1, 0.15) is 21.7 Å². The molecule has 2 heterocycles. The summed E-state index contributed by atoms with van der Waals surface area (Å²) in [4.78, 5) is 49.3. The van der Waals surface area contributed by atoms with Gasteiger partial charge in [-0.05, 0) is 18.5 Å². The van der Waals surface area contributed by atoms with Crippen molar-refractivity contribution in [2.45, 2.75) is 13.3 Å². The minimum Gasteiger partial charge on any atom is -0.478 e. The topological polar surface area (TPSA) is 145 Å². The number of nitrogens with one attached hydrogen (secondary N) is 3. The number of H-pyrrole nitrogens is 2. The third-order valence-corrected chi connectivity index (χ3v) is 3.35. The van der Waals surface area contributed by atoms with E-state index < -0.39 is 23.1 Å². The van der Waals surface area contributed by atoms with E-state index in [9.17, 15) is 19.2 Å². The highest BCUT2D eigenvalue weighted by atomic mass is 32.1. The summed E-state index contributed by atoms with van der Waals surface area (Å²) in [5.74, 6) is -1.76. The van der Waals surface area contributed by atoms with Gasteiger partial charge in [0.1, 0.15) is 10.6 Å². The molecule has 0 aliphatic rings. The molecular weight excluding hydrogens is 300 g/mol. The number of aromatic amines is 2. The van der Waals surface area contributed by atoms with Gasteiger partial charge in [0.15, 0.2) is 0 Å². The third-order valence-electron chi connectivity index (χ3n) is 2.50. The van der Waals surface area contributed by atoms with Crippen LogP contribution in [0.4, 0.5) is 5.00 Å². The van der Waals surface area contributed by atoms with Crippen LogP contribution in [-0.2, 0) is 11.2 Å². The SMILES string of the molecule is Cc1nsc(NC(=O)Cc2cc(=O)[nH]c(=O)[nH]2)c1C(=O)O. The molecule has 4 N–H and O–H groups in total. The Labute approximate surface area is 120 Å². The Kier molecular flexibility index (Phi) is 3.98. The average Bonchev–Trinajstić information content (AvgIpc) is 2.68. The highest BCUT2D eigenvalue weighted by Gasteiger charge is 2.19. The van der Waals surface area contributed by atoms with Gasteiger partial charge in [-0.2, -0.15) is 4.37 Å². The quantitative estimate of drug-likeness (QED) is 0.610.